The van der Waals surface area contributed by atoms with E-state index in [1.807, 2.05) is 50.2 Å². The van der Waals surface area contributed by atoms with Gasteiger partial charge in [-0.2, -0.15) is 0 Å². The highest BCUT2D eigenvalue weighted by Gasteiger charge is 2.33. The molecule has 0 saturated heterocycles. The molecule has 0 radical (unpaired) electrons. The number of carbonyl (C=O) groups excluding carboxylic acids is 1. The van der Waals surface area contributed by atoms with Gasteiger partial charge in [0.1, 0.15) is 5.76 Å². The summed E-state index contributed by atoms with van der Waals surface area (Å²) in [6.07, 6.45) is 3.27. The largest absolute Gasteiger partial charge is 0.361 e. The third-order valence-electron chi connectivity index (χ3n) is 5.47. The zero-order chi connectivity index (χ0) is 18.5. The second kappa shape index (κ2) is 6.02. The van der Waals surface area contributed by atoms with Gasteiger partial charge in [-0.25, -0.2) is 0 Å². The molecule has 2 aliphatic rings. The molecule has 0 amide bonds. The Labute approximate surface area is 157 Å². The lowest BCUT2D eigenvalue weighted by atomic mass is 9.92. The molecule has 0 unspecified atom stereocenters. The van der Waals surface area contributed by atoms with Crippen molar-refractivity contribution in [3.63, 3.8) is 0 Å². The number of hydrogen-bond donors (Lipinski definition) is 0. The van der Waals surface area contributed by atoms with E-state index in [4.69, 9.17) is 9.52 Å². The molecule has 0 bridgehead atoms. The topological polar surface area (TPSA) is 55.5 Å². The summed E-state index contributed by atoms with van der Waals surface area (Å²) in [7, 11) is 0. The number of ketones is 1. The first-order valence-corrected chi connectivity index (χ1v) is 9.39. The molecule has 0 N–H and O–H groups in total. The van der Waals surface area contributed by atoms with Gasteiger partial charge in [-0.3, -0.25) is 9.79 Å². The molecule has 4 heteroatoms. The molecular weight excluding hydrogens is 336 g/mol. The van der Waals surface area contributed by atoms with Gasteiger partial charge in [-0.15, -0.1) is 0 Å². The highest BCUT2D eigenvalue weighted by Crippen LogP contribution is 2.43. The average molecular weight is 356 g/mol. The first-order valence-electron chi connectivity index (χ1n) is 9.39. The number of aliphatic imine (C=N–C) groups is 1. The lowest BCUT2D eigenvalue weighted by Gasteiger charge is -2.10. The molecule has 1 aliphatic carbocycles. The first kappa shape index (κ1) is 16.2. The molecule has 0 atom stereocenters. The number of fused-ring (bicyclic) bond motifs is 1. The molecule has 2 aromatic carbocycles. The summed E-state index contributed by atoms with van der Waals surface area (Å²) in [5.74, 6) is 1.38. The number of hydrogen-bond acceptors (Lipinski definition) is 4. The Hall–Kier alpha value is -3.01. The first-order chi connectivity index (χ1) is 13.1. The summed E-state index contributed by atoms with van der Waals surface area (Å²) >= 11 is 0. The molecule has 1 saturated carbocycles. The predicted molar refractivity (Wildman–Crippen MR) is 105 cm³/mol. The second-order valence-corrected chi connectivity index (χ2v) is 7.48. The van der Waals surface area contributed by atoms with Gasteiger partial charge in [-0.05, 0) is 55.9 Å². The summed E-state index contributed by atoms with van der Waals surface area (Å²) in [5.41, 5.74) is 7.36. The van der Waals surface area contributed by atoms with Crippen molar-refractivity contribution in [3.05, 3.63) is 70.6 Å². The van der Waals surface area contributed by atoms with Gasteiger partial charge in [0.15, 0.2) is 5.78 Å². The summed E-state index contributed by atoms with van der Waals surface area (Å²) < 4.78 is 5.36. The Kier molecular flexibility index (Phi) is 3.61. The van der Waals surface area contributed by atoms with Crippen LogP contribution in [0.3, 0.4) is 0 Å². The van der Waals surface area contributed by atoms with E-state index in [1.165, 1.54) is 18.6 Å². The van der Waals surface area contributed by atoms with Crippen LogP contribution >= 0.6 is 0 Å². The molecular formula is C23H20N2O2. The third kappa shape index (κ3) is 2.72. The quantitative estimate of drug-likeness (QED) is 0.602. The van der Waals surface area contributed by atoms with Gasteiger partial charge < -0.3 is 4.52 Å². The van der Waals surface area contributed by atoms with Crippen molar-refractivity contribution < 1.29 is 9.32 Å². The van der Waals surface area contributed by atoms with Crippen molar-refractivity contribution in [2.45, 2.75) is 33.1 Å². The van der Waals surface area contributed by atoms with E-state index in [9.17, 15) is 4.79 Å². The molecule has 3 aromatic rings. The maximum atomic E-state index is 13.3. The molecule has 134 valence electrons. The molecule has 27 heavy (non-hydrogen) atoms. The lowest BCUT2D eigenvalue weighted by molar-refractivity contribution is 0.103. The molecule has 0 spiro atoms. The van der Waals surface area contributed by atoms with Crippen LogP contribution < -0.4 is 0 Å². The van der Waals surface area contributed by atoms with Gasteiger partial charge in [0.25, 0.3) is 0 Å². The molecule has 1 fully saturated rings. The SMILES string of the molecule is Cc1noc(C)c1-c1cc2c(c(C(=O)c3ccccc3)c1)N=C(C1CC1)C2. The van der Waals surface area contributed by atoms with Crippen molar-refractivity contribution in [2.24, 2.45) is 10.9 Å². The van der Waals surface area contributed by atoms with E-state index in [0.717, 1.165) is 40.3 Å². The van der Waals surface area contributed by atoms with Crippen LogP contribution in [0, 0.1) is 19.8 Å². The minimum atomic E-state index is 0.0151. The van der Waals surface area contributed by atoms with Gasteiger partial charge in [-0.1, -0.05) is 35.5 Å². The van der Waals surface area contributed by atoms with E-state index in [1.54, 1.807) is 0 Å². The Morgan fingerprint density at radius 2 is 1.89 bits per heavy atom. The monoisotopic (exact) mass is 356 g/mol. The highest BCUT2D eigenvalue weighted by atomic mass is 16.5. The van der Waals surface area contributed by atoms with E-state index in [0.29, 0.717) is 17.0 Å². The molecule has 2 heterocycles. The molecule has 1 aromatic heterocycles. The van der Waals surface area contributed by atoms with Crippen LogP contribution in [0.15, 0.2) is 52.0 Å². The van der Waals surface area contributed by atoms with Crippen molar-refractivity contribution in [2.75, 3.05) is 0 Å². The van der Waals surface area contributed by atoms with Crippen LogP contribution in [0.1, 0.15) is 45.8 Å². The predicted octanol–water partition coefficient (Wildman–Crippen LogP) is 5.23. The number of rotatable bonds is 4. The van der Waals surface area contributed by atoms with Crippen LogP contribution in [0.5, 0.6) is 0 Å². The Balaban J connectivity index is 1.69. The van der Waals surface area contributed by atoms with Crippen LogP contribution in [0.2, 0.25) is 0 Å². The highest BCUT2D eigenvalue weighted by molar-refractivity contribution is 6.15. The second-order valence-electron chi connectivity index (χ2n) is 7.48. The van der Waals surface area contributed by atoms with Crippen molar-refractivity contribution >= 4 is 17.2 Å². The number of aryl methyl sites for hydroxylation is 2. The van der Waals surface area contributed by atoms with E-state index in [-0.39, 0.29) is 5.78 Å². The lowest BCUT2D eigenvalue weighted by Crippen LogP contribution is -2.03. The normalized spacial score (nSPS) is 15.6. The summed E-state index contributed by atoms with van der Waals surface area (Å²) in [6, 6.07) is 13.5. The van der Waals surface area contributed by atoms with Crippen molar-refractivity contribution in [1.82, 2.24) is 5.16 Å². The Morgan fingerprint density at radius 3 is 2.56 bits per heavy atom. The molecule has 4 nitrogen and oxygen atoms in total. The fourth-order valence-electron chi connectivity index (χ4n) is 3.95. The average Bonchev–Trinajstić information content (AvgIpc) is 3.36. The number of carbonyl (C=O) groups is 1. The fraction of sp³-hybridized carbons (Fsp3) is 0.261. The third-order valence-corrected chi connectivity index (χ3v) is 5.47. The zero-order valence-corrected chi connectivity index (χ0v) is 15.5. The Morgan fingerprint density at radius 1 is 1.11 bits per heavy atom. The van der Waals surface area contributed by atoms with E-state index < -0.39 is 0 Å². The van der Waals surface area contributed by atoms with Gasteiger partial charge >= 0.3 is 0 Å². The van der Waals surface area contributed by atoms with E-state index in [2.05, 4.69) is 11.2 Å². The minimum absolute atomic E-state index is 0.0151. The standard InChI is InChI=1S/C23H20N2O2/c1-13-21(14(2)27-25-13)17-10-18-12-20(15-8-9-15)24-22(18)19(11-17)23(26)16-6-4-3-5-7-16/h3-7,10-11,15H,8-9,12H2,1-2H3. The van der Waals surface area contributed by atoms with Crippen LogP contribution in [0.25, 0.3) is 11.1 Å². The van der Waals surface area contributed by atoms with Gasteiger partial charge in [0.05, 0.1) is 11.4 Å². The summed E-state index contributed by atoms with van der Waals surface area (Å²) in [4.78, 5) is 18.2. The van der Waals surface area contributed by atoms with Crippen LogP contribution in [-0.4, -0.2) is 16.7 Å². The fourth-order valence-corrected chi connectivity index (χ4v) is 3.95. The number of aromatic nitrogens is 1. The van der Waals surface area contributed by atoms with Crippen molar-refractivity contribution in [3.8, 4) is 11.1 Å². The van der Waals surface area contributed by atoms with Gasteiger partial charge in [0, 0.05) is 28.8 Å². The maximum Gasteiger partial charge on any atom is 0.195 e. The van der Waals surface area contributed by atoms with Gasteiger partial charge in [0.2, 0.25) is 0 Å². The maximum absolute atomic E-state index is 13.3. The van der Waals surface area contributed by atoms with Crippen LogP contribution in [0.4, 0.5) is 5.69 Å². The number of benzene rings is 2. The van der Waals surface area contributed by atoms with E-state index >= 15 is 0 Å². The molecule has 5 rings (SSSR count). The minimum Gasteiger partial charge on any atom is -0.361 e. The van der Waals surface area contributed by atoms with Crippen LogP contribution in [-0.2, 0) is 6.42 Å². The molecule has 1 aliphatic heterocycles. The smallest absolute Gasteiger partial charge is 0.195 e. The summed E-state index contributed by atoms with van der Waals surface area (Å²) in [6.45, 7) is 3.84. The van der Waals surface area contributed by atoms with Crippen molar-refractivity contribution in [1.29, 1.82) is 0 Å². The number of nitrogens with zero attached hydrogens (tertiary/aromatic N) is 2. The Bertz CT molecular complexity index is 1070. The zero-order valence-electron chi connectivity index (χ0n) is 15.5. The summed E-state index contributed by atoms with van der Waals surface area (Å²) in [5, 5.41) is 4.08.